The van der Waals surface area contributed by atoms with E-state index < -0.39 is 0 Å². The molecule has 2 aliphatic rings. The van der Waals surface area contributed by atoms with E-state index in [9.17, 15) is 0 Å². The number of aryl methyl sites for hydroxylation is 2. The molecule has 1 fully saturated rings. The smallest absolute Gasteiger partial charge is 0.161 e. The third kappa shape index (κ3) is 4.69. The van der Waals surface area contributed by atoms with Crippen LogP contribution in [0.5, 0.6) is 0 Å². The van der Waals surface area contributed by atoms with Crippen LogP contribution in [0, 0.1) is 6.92 Å². The largest absolute Gasteiger partial charge is 0.367 e. The third-order valence-electron chi connectivity index (χ3n) is 6.19. The Balaban J connectivity index is 1.63. The van der Waals surface area contributed by atoms with Crippen molar-refractivity contribution in [3.8, 4) is 11.4 Å². The van der Waals surface area contributed by atoms with Crippen molar-refractivity contribution in [2.24, 2.45) is 0 Å². The molecule has 0 bridgehead atoms. The Labute approximate surface area is 164 Å². The molecule has 1 aromatic carbocycles. The molecule has 1 heterocycles. The summed E-state index contributed by atoms with van der Waals surface area (Å²) in [6.45, 7) is 2.13. The van der Waals surface area contributed by atoms with Crippen LogP contribution < -0.4 is 5.32 Å². The van der Waals surface area contributed by atoms with Crippen molar-refractivity contribution in [1.29, 1.82) is 0 Å². The zero-order valence-corrected chi connectivity index (χ0v) is 16.8. The number of rotatable bonds is 3. The molecule has 3 nitrogen and oxygen atoms in total. The Hall–Kier alpha value is -1.90. The molecule has 0 aliphatic heterocycles. The van der Waals surface area contributed by atoms with Crippen LogP contribution in [-0.2, 0) is 12.8 Å². The number of nitrogens with zero attached hydrogens (tertiary/aromatic N) is 2. The average Bonchev–Trinajstić information content (AvgIpc) is 2.82. The number of hydrogen-bond donors (Lipinski definition) is 1. The maximum atomic E-state index is 5.04. The van der Waals surface area contributed by atoms with Gasteiger partial charge in [-0.1, -0.05) is 68.4 Å². The van der Waals surface area contributed by atoms with Crippen LogP contribution in [0.1, 0.15) is 81.0 Å². The molecule has 144 valence electrons. The summed E-state index contributed by atoms with van der Waals surface area (Å²) in [5.74, 6) is 2.01. The van der Waals surface area contributed by atoms with E-state index in [1.807, 2.05) is 0 Å². The first-order chi connectivity index (χ1) is 13.3. The van der Waals surface area contributed by atoms with E-state index in [-0.39, 0.29) is 0 Å². The molecule has 2 aromatic rings. The van der Waals surface area contributed by atoms with Crippen LogP contribution in [0.25, 0.3) is 11.4 Å². The number of benzene rings is 1. The first kappa shape index (κ1) is 18.5. The van der Waals surface area contributed by atoms with Crippen molar-refractivity contribution in [2.75, 3.05) is 5.32 Å². The van der Waals surface area contributed by atoms with Gasteiger partial charge in [-0.05, 0) is 45.4 Å². The van der Waals surface area contributed by atoms with Gasteiger partial charge < -0.3 is 5.32 Å². The van der Waals surface area contributed by atoms with Crippen LogP contribution in [0.15, 0.2) is 24.3 Å². The van der Waals surface area contributed by atoms with Crippen LogP contribution in [0.3, 0.4) is 0 Å². The maximum Gasteiger partial charge on any atom is 0.161 e. The molecule has 1 saturated carbocycles. The molecule has 0 spiro atoms. The van der Waals surface area contributed by atoms with Gasteiger partial charge in [-0.15, -0.1) is 0 Å². The van der Waals surface area contributed by atoms with Crippen LogP contribution in [0.2, 0.25) is 0 Å². The molecule has 4 rings (SSSR count). The number of aromatic nitrogens is 2. The van der Waals surface area contributed by atoms with E-state index in [2.05, 4.69) is 36.5 Å². The summed E-state index contributed by atoms with van der Waals surface area (Å²) in [5, 5.41) is 3.87. The second kappa shape index (κ2) is 8.86. The van der Waals surface area contributed by atoms with Crippen molar-refractivity contribution in [3.63, 3.8) is 0 Å². The highest BCUT2D eigenvalue weighted by Crippen LogP contribution is 2.30. The molecular formula is C24H33N3. The van der Waals surface area contributed by atoms with Gasteiger partial charge in [-0.3, -0.25) is 0 Å². The van der Waals surface area contributed by atoms with E-state index in [0.29, 0.717) is 6.04 Å². The zero-order valence-electron chi connectivity index (χ0n) is 16.8. The van der Waals surface area contributed by atoms with E-state index >= 15 is 0 Å². The third-order valence-corrected chi connectivity index (χ3v) is 6.19. The summed E-state index contributed by atoms with van der Waals surface area (Å²) in [6.07, 6.45) is 15.6. The Kier molecular flexibility index (Phi) is 6.06. The van der Waals surface area contributed by atoms with Gasteiger partial charge in [0, 0.05) is 22.9 Å². The topological polar surface area (TPSA) is 37.8 Å². The van der Waals surface area contributed by atoms with Crippen LogP contribution >= 0.6 is 0 Å². The maximum absolute atomic E-state index is 5.04. The number of fused-ring (bicyclic) bond motifs is 1. The van der Waals surface area contributed by atoms with Crippen molar-refractivity contribution in [3.05, 3.63) is 41.1 Å². The van der Waals surface area contributed by atoms with Gasteiger partial charge in [0.15, 0.2) is 5.82 Å². The zero-order chi connectivity index (χ0) is 18.5. The highest BCUT2D eigenvalue weighted by atomic mass is 15.1. The normalized spacial score (nSPS) is 18.9. The second-order valence-electron chi connectivity index (χ2n) is 8.43. The highest BCUT2D eigenvalue weighted by molar-refractivity contribution is 5.61. The van der Waals surface area contributed by atoms with E-state index in [0.717, 1.165) is 30.0 Å². The van der Waals surface area contributed by atoms with E-state index in [1.165, 1.54) is 81.0 Å². The SMILES string of the molecule is Cc1ccc(-c2nc3c(c(NC4CCCCCCCC4)n2)CCCC3)cc1. The van der Waals surface area contributed by atoms with Crippen molar-refractivity contribution in [1.82, 2.24) is 9.97 Å². The van der Waals surface area contributed by atoms with Gasteiger partial charge in [-0.25, -0.2) is 9.97 Å². The molecule has 0 atom stereocenters. The molecule has 27 heavy (non-hydrogen) atoms. The lowest BCUT2D eigenvalue weighted by atomic mass is 9.95. The summed E-state index contributed by atoms with van der Waals surface area (Å²) < 4.78 is 0. The molecular weight excluding hydrogens is 330 g/mol. The monoisotopic (exact) mass is 363 g/mol. The molecule has 3 heteroatoms. The van der Waals surface area contributed by atoms with E-state index in [1.54, 1.807) is 0 Å². The molecule has 0 radical (unpaired) electrons. The Morgan fingerprint density at radius 3 is 2.19 bits per heavy atom. The fraction of sp³-hybridized carbons (Fsp3) is 0.583. The number of hydrogen-bond acceptors (Lipinski definition) is 3. The van der Waals surface area contributed by atoms with E-state index in [4.69, 9.17) is 9.97 Å². The Bertz CT molecular complexity index is 741. The Morgan fingerprint density at radius 2 is 1.44 bits per heavy atom. The predicted octanol–water partition coefficient (Wildman–Crippen LogP) is 6.25. The van der Waals surface area contributed by atoms with Crippen molar-refractivity contribution in [2.45, 2.75) is 90.0 Å². The summed E-state index contributed by atoms with van der Waals surface area (Å²) in [6, 6.07) is 9.19. The van der Waals surface area contributed by atoms with Gasteiger partial charge in [-0.2, -0.15) is 0 Å². The fourth-order valence-electron chi connectivity index (χ4n) is 4.52. The molecule has 1 N–H and O–H groups in total. The molecule has 0 saturated heterocycles. The van der Waals surface area contributed by atoms with Crippen molar-refractivity contribution >= 4 is 5.82 Å². The summed E-state index contributed by atoms with van der Waals surface area (Å²) in [7, 11) is 0. The summed E-state index contributed by atoms with van der Waals surface area (Å²) in [4.78, 5) is 10.00. The van der Waals surface area contributed by atoms with Gasteiger partial charge in [0.25, 0.3) is 0 Å². The summed E-state index contributed by atoms with van der Waals surface area (Å²) >= 11 is 0. The quantitative estimate of drug-likeness (QED) is 0.701. The molecule has 1 aromatic heterocycles. The minimum atomic E-state index is 0.565. The first-order valence-corrected chi connectivity index (χ1v) is 11.0. The lowest BCUT2D eigenvalue weighted by Gasteiger charge is -2.24. The van der Waals surface area contributed by atoms with Crippen LogP contribution in [-0.4, -0.2) is 16.0 Å². The first-order valence-electron chi connectivity index (χ1n) is 11.0. The highest BCUT2D eigenvalue weighted by Gasteiger charge is 2.21. The lowest BCUT2D eigenvalue weighted by Crippen LogP contribution is -2.23. The van der Waals surface area contributed by atoms with Gasteiger partial charge in [0.1, 0.15) is 5.82 Å². The standard InChI is InChI=1S/C24H33N3/c1-18-14-16-19(17-15-18)23-26-22-13-9-8-12-21(22)24(27-23)25-20-10-6-4-2-3-5-7-11-20/h14-17,20H,2-13H2,1H3,(H,25,26,27). The van der Waals surface area contributed by atoms with Crippen LogP contribution in [0.4, 0.5) is 5.82 Å². The lowest BCUT2D eigenvalue weighted by molar-refractivity contribution is 0.559. The fourth-order valence-corrected chi connectivity index (χ4v) is 4.52. The van der Waals surface area contributed by atoms with Crippen molar-refractivity contribution < 1.29 is 0 Å². The Morgan fingerprint density at radius 1 is 0.778 bits per heavy atom. The second-order valence-corrected chi connectivity index (χ2v) is 8.43. The van der Waals surface area contributed by atoms with Gasteiger partial charge >= 0.3 is 0 Å². The summed E-state index contributed by atoms with van der Waals surface area (Å²) in [5.41, 5.74) is 5.07. The molecule has 2 aliphatic carbocycles. The minimum Gasteiger partial charge on any atom is -0.367 e. The minimum absolute atomic E-state index is 0.565. The number of anilines is 1. The van der Waals surface area contributed by atoms with Gasteiger partial charge in [0.05, 0.1) is 0 Å². The molecule has 0 unspecified atom stereocenters. The predicted molar refractivity (Wildman–Crippen MR) is 113 cm³/mol. The van der Waals surface area contributed by atoms with Gasteiger partial charge in [0.2, 0.25) is 0 Å². The number of nitrogens with one attached hydrogen (secondary N) is 1. The average molecular weight is 364 g/mol. The molecule has 0 amide bonds.